The molecule has 0 aromatic heterocycles. The molecule has 0 aliphatic rings. The van der Waals surface area contributed by atoms with Crippen molar-refractivity contribution in [1.29, 1.82) is 0 Å². The number of rotatable bonds is 4. The Bertz CT molecular complexity index is 615. The van der Waals surface area contributed by atoms with Gasteiger partial charge in [-0.05, 0) is 36.4 Å². The molecule has 2 N–H and O–H groups in total. The van der Waals surface area contributed by atoms with Gasteiger partial charge in [-0.25, -0.2) is 0 Å². The molecule has 0 unspecified atom stereocenters. The average molecular weight is 272 g/mol. The maximum atomic E-state index is 9.57. The van der Waals surface area contributed by atoms with Gasteiger partial charge in [-0.15, -0.1) is 0 Å². The molecular formula is C16H16O4. The highest BCUT2D eigenvalue weighted by Crippen LogP contribution is 2.29. The van der Waals surface area contributed by atoms with E-state index in [9.17, 15) is 10.2 Å². The van der Waals surface area contributed by atoms with Crippen LogP contribution in [0.3, 0.4) is 0 Å². The Morgan fingerprint density at radius 1 is 0.750 bits per heavy atom. The lowest BCUT2D eigenvalue weighted by Gasteiger charge is -2.14. The predicted molar refractivity (Wildman–Crippen MR) is 77.0 cm³/mol. The summed E-state index contributed by atoms with van der Waals surface area (Å²) in [4.78, 5) is 0. The minimum absolute atomic E-state index is 0.151. The molecule has 0 bridgehead atoms. The van der Waals surface area contributed by atoms with Crippen LogP contribution in [0.4, 0.5) is 0 Å². The van der Waals surface area contributed by atoms with Gasteiger partial charge in [-0.2, -0.15) is 0 Å². The van der Waals surface area contributed by atoms with Crippen molar-refractivity contribution in [1.82, 2.24) is 0 Å². The van der Waals surface area contributed by atoms with Crippen molar-refractivity contribution in [2.45, 2.75) is 0 Å². The van der Waals surface area contributed by atoms with Crippen molar-refractivity contribution in [3.05, 3.63) is 59.7 Å². The van der Waals surface area contributed by atoms with Gasteiger partial charge >= 0.3 is 0 Å². The highest BCUT2D eigenvalue weighted by molar-refractivity contribution is 5.84. The molecule has 2 rings (SSSR count). The van der Waals surface area contributed by atoms with Gasteiger partial charge in [0.25, 0.3) is 0 Å². The molecule has 0 saturated heterocycles. The SMILES string of the molecule is COC(=C(OC)c1cccc(O)c1)c1ccc(O)cc1. The van der Waals surface area contributed by atoms with Gasteiger partial charge in [0.1, 0.15) is 11.5 Å². The van der Waals surface area contributed by atoms with Crippen molar-refractivity contribution < 1.29 is 19.7 Å². The van der Waals surface area contributed by atoms with Crippen LogP contribution < -0.4 is 0 Å². The van der Waals surface area contributed by atoms with Crippen molar-refractivity contribution >= 4 is 11.5 Å². The minimum Gasteiger partial charge on any atom is -0.508 e. The molecule has 0 atom stereocenters. The number of phenolic OH excluding ortho intramolecular Hbond substituents is 2. The Hall–Kier alpha value is -2.62. The predicted octanol–water partition coefficient (Wildman–Crippen LogP) is 3.22. The van der Waals surface area contributed by atoms with E-state index in [2.05, 4.69) is 0 Å². The van der Waals surface area contributed by atoms with Crippen molar-refractivity contribution in [2.24, 2.45) is 0 Å². The highest BCUT2D eigenvalue weighted by Gasteiger charge is 2.13. The zero-order chi connectivity index (χ0) is 14.5. The maximum Gasteiger partial charge on any atom is 0.168 e. The maximum absolute atomic E-state index is 9.57. The van der Waals surface area contributed by atoms with Gasteiger partial charge in [0.2, 0.25) is 0 Å². The van der Waals surface area contributed by atoms with Gasteiger partial charge in [-0.3, -0.25) is 0 Å². The summed E-state index contributed by atoms with van der Waals surface area (Å²) in [6.45, 7) is 0. The number of aromatic hydroxyl groups is 2. The second-order valence-electron chi connectivity index (χ2n) is 4.16. The molecule has 0 saturated carbocycles. The zero-order valence-electron chi connectivity index (χ0n) is 11.3. The molecule has 0 fully saturated rings. The van der Waals surface area contributed by atoms with Crippen LogP contribution in [0.25, 0.3) is 11.5 Å². The molecule has 2 aromatic rings. The standard InChI is InChI=1S/C16H16O4/c1-19-15(11-6-8-13(17)9-7-11)16(20-2)12-4-3-5-14(18)10-12/h3-10,17-18H,1-2H3. The lowest BCUT2D eigenvalue weighted by Crippen LogP contribution is -1.97. The summed E-state index contributed by atoms with van der Waals surface area (Å²) in [5.41, 5.74) is 1.47. The number of ether oxygens (including phenoxy) is 2. The smallest absolute Gasteiger partial charge is 0.168 e. The highest BCUT2D eigenvalue weighted by atomic mass is 16.5. The molecule has 0 spiro atoms. The Balaban J connectivity index is 2.55. The first-order valence-electron chi connectivity index (χ1n) is 6.06. The summed E-state index contributed by atoms with van der Waals surface area (Å²) < 4.78 is 10.8. The van der Waals surface area contributed by atoms with E-state index >= 15 is 0 Å². The van der Waals surface area contributed by atoms with E-state index < -0.39 is 0 Å². The summed E-state index contributed by atoms with van der Waals surface area (Å²) in [7, 11) is 3.09. The molecule has 0 heterocycles. The largest absolute Gasteiger partial charge is 0.508 e. The van der Waals surface area contributed by atoms with Crippen LogP contribution in [0.15, 0.2) is 48.5 Å². The lowest BCUT2D eigenvalue weighted by atomic mass is 10.1. The molecule has 0 radical (unpaired) electrons. The number of methoxy groups -OCH3 is 2. The van der Waals surface area contributed by atoms with E-state index in [0.717, 1.165) is 5.56 Å². The van der Waals surface area contributed by atoms with E-state index in [-0.39, 0.29) is 11.5 Å². The minimum atomic E-state index is 0.151. The normalized spacial score (nSPS) is 11.7. The van der Waals surface area contributed by atoms with Gasteiger partial charge < -0.3 is 19.7 Å². The van der Waals surface area contributed by atoms with Crippen LogP contribution in [0.1, 0.15) is 11.1 Å². The first kappa shape index (κ1) is 13.8. The summed E-state index contributed by atoms with van der Waals surface area (Å²) in [6, 6.07) is 13.3. The third kappa shape index (κ3) is 2.85. The molecule has 4 heteroatoms. The number of hydrogen-bond donors (Lipinski definition) is 2. The summed E-state index contributed by atoms with van der Waals surface area (Å²) >= 11 is 0. The second-order valence-corrected chi connectivity index (χ2v) is 4.16. The Kier molecular flexibility index (Phi) is 4.15. The van der Waals surface area contributed by atoms with E-state index in [1.54, 1.807) is 56.7 Å². The van der Waals surface area contributed by atoms with Gasteiger partial charge in [0.05, 0.1) is 14.2 Å². The van der Waals surface area contributed by atoms with E-state index in [1.165, 1.54) is 0 Å². The van der Waals surface area contributed by atoms with Gasteiger partial charge in [-0.1, -0.05) is 12.1 Å². The molecule has 104 valence electrons. The Morgan fingerprint density at radius 2 is 1.35 bits per heavy atom. The Morgan fingerprint density at radius 3 is 1.90 bits per heavy atom. The number of hydrogen-bond acceptors (Lipinski definition) is 4. The second kappa shape index (κ2) is 6.02. The van der Waals surface area contributed by atoms with Gasteiger partial charge in [0, 0.05) is 11.1 Å². The number of benzene rings is 2. The van der Waals surface area contributed by atoms with Gasteiger partial charge in [0.15, 0.2) is 11.5 Å². The summed E-state index contributed by atoms with van der Waals surface area (Å²) in [6.07, 6.45) is 0. The molecular weight excluding hydrogens is 256 g/mol. The zero-order valence-corrected chi connectivity index (χ0v) is 11.3. The van der Waals surface area contributed by atoms with E-state index in [1.807, 2.05) is 6.07 Å². The Labute approximate surface area is 117 Å². The molecule has 0 aliphatic carbocycles. The number of phenols is 2. The third-order valence-corrected chi connectivity index (χ3v) is 2.85. The average Bonchev–Trinajstić information content (AvgIpc) is 2.46. The first-order chi connectivity index (χ1) is 9.65. The molecule has 0 amide bonds. The molecule has 0 aliphatic heterocycles. The third-order valence-electron chi connectivity index (χ3n) is 2.85. The fourth-order valence-electron chi connectivity index (χ4n) is 1.94. The van der Waals surface area contributed by atoms with E-state index in [4.69, 9.17) is 9.47 Å². The molecule has 4 nitrogen and oxygen atoms in total. The monoisotopic (exact) mass is 272 g/mol. The summed E-state index contributed by atoms with van der Waals surface area (Å²) in [5, 5.41) is 18.9. The van der Waals surface area contributed by atoms with Crippen LogP contribution in [0.5, 0.6) is 11.5 Å². The fraction of sp³-hybridized carbons (Fsp3) is 0.125. The van der Waals surface area contributed by atoms with E-state index in [0.29, 0.717) is 17.1 Å². The lowest BCUT2D eigenvalue weighted by molar-refractivity contribution is 0.328. The quantitative estimate of drug-likeness (QED) is 0.662. The van der Waals surface area contributed by atoms with Crippen molar-refractivity contribution in [2.75, 3.05) is 14.2 Å². The van der Waals surface area contributed by atoms with Crippen LogP contribution in [-0.4, -0.2) is 24.4 Å². The molecule has 2 aromatic carbocycles. The first-order valence-corrected chi connectivity index (χ1v) is 6.06. The van der Waals surface area contributed by atoms with Crippen molar-refractivity contribution in [3.63, 3.8) is 0 Å². The van der Waals surface area contributed by atoms with Crippen LogP contribution in [-0.2, 0) is 9.47 Å². The van der Waals surface area contributed by atoms with Crippen molar-refractivity contribution in [3.8, 4) is 11.5 Å². The topological polar surface area (TPSA) is 58.9 Å². The fourth-order valence-corrected chi connectivity index (χ4v) is 1.94. The molecule has 20 heavy (non-hydrogen) atoms. The van der Waals surface area contributed by atoms with Crippen LogP contribution >= 0.6 is 0 Å². The summed E-state index contributed by atoms with van der Waals surface area (Å²) in [5.74, 6) is 1.37. The van der Waals surface area contributed by atoms with Crippen LogP contribution in [0.2, 0.25) is 0 Å². The van der Waals surface area contributed by atoms with Crippen LogP contribution in [0, 0.1) is 0 Å².